The molecule has 0 N–H and O–H groups in total. The molecule has 0 unspecified atom stereocenters. The highest BCUT2D eigenvalue weighted by Crippen LogP contribution is 2.35. The van der Waals surface area contributed by atoms with Crippen molar-refractivity contribution in [1.29, 1.82) is 0 Å². The summed E-state index contributed by atoms with van der Waals surface area (Å²) in [5, 5.41) is 0. The number of fused-ring (bicyclic) bond motifs is 1. The zero-order chi connectivity index (χ0) is 20.6. The zero-order valence-corrected chi connectivity index (χ0v) is 17.6. The van der Waals surface area contributed by atoms with Crippen LogP contribution >= 0.6 is 0 Å². The number of aromatic nitrogens is 1. The normalized spacial score (nSPS) is 20.0. The van der Waals surface area contributed by atoms with Crippen molar-refractivity contribution in [2.24, 2.45) is 0 Å². The average Bonchev–Trinajstić information content (AvgIpc) is 3.04. The van der Waals surface area contributed by atoms with Crippen LogP contribution in [0.3, 0.4) is 0 Å². The number of nitrogens with zero attached hydrogens (tertiary/aromatic N) is 4. The minimum absolute atomic E-state index is 0.0156. The van der Waals surface area contributed by atoms with Gasteiger partial charge in [-0.15, -0.1) is 0 Å². The highest BCUT2D eigenvalue weighted by atomic mass is 32.2. The lowest BCUT2D eigenvalue weighted by molar-refractivity contribution is 0.0628. The van der Waals surface area contributed by atoms with Crippen molar-refractivity contribution in [3.05, 3.63) is 59.4 Å². The first-order chi connectivity index (χ1) is 13.8. The minimum Gasteiger partial charge on any atom is -0.336 e. The lowest BCUT2D eigenvalue weighted by atomic mass is 10.1. The van der Waals surface area contributed by atoms with Crippen LogP contribution in [0.1, 0.15) is 28.4 Å². The number of sulfonamides is 1. The van der Waals surface area contributed by atoms with Crippen molar-refractivity contribution in [3.63, 3.8) is 0 Å². The van der Waals surface area contributed by atoms with Crippen LogP contribution in [-0.4, -0.2) is 67.6 Å². The van der Waals surface area contributed by atoms with Gasteiger partial charge in [-0.05, 0) is 54.8 Å². The third-order valence-corrected chi connectivity index (χ3v) is 6.92. The third-order valence-electron chi connectivity index (χ3n) is 5.65. The molecule has 0 bridgehead atoms. The molecular weight excluding hydrogens is 388 g/mol. The van der Waals surface area contributed by atoms with E-state index < -0.39 is 10.0 Å². The van der Waals surface area contributed by atoms with E-state index in [0.717, 1.165) is 25.2 Å². The topological polar surface area (TPSA) is 73.8 Å². The summed E-state index contributed by atoms with van der Waals surface area (Å²) in [6.07, 6.45) is 5.45. The Hall–Kier alpha value is -2.45. The molecule has 0 radical (unpaired) electrons. The fourth-order valence-corrected chi connectivity index (χ4v) is 5.54. The van der Waals surface area contributed by atoms with Crippen LogP contribution in [0.2, 0.25) is 0 Å². The lowest BCUT2D eigenvalue weighted by Crippen LogP contribution is -2.48. The average molecular weight is 415 g/mol. The number of carbonyl (C=O) groups is 1. The van der Waals surface area contributed by atoms with Gasteiger partial charge in [-0.25, -0.2) is 8.42 Å². The fourth-order valence-electron chi connectivity index (χ4n) is 4.28. The van der Waals surface area contributed by atoms with Crippen LogP contribution in [0.15, 0.2) is 42.7 Å². The van der Waals surface area contributed by atoms with E-state index in [4.69, 9.17) is 0 Å². The molecule has 4 rings (SSSR count). The molecule has 29 heavy (non-hydrogen) atoms. The van der Waals surface area contributed by atoms with Crippen LogP contribution in [-0.2, 0) is 23.0 Å². The number of hydrogen-bond acceptors (Lipinski definition) is 5. The largest absolute Gasteiger partial charge is 0.336 e. The molecule has 1 fully saturated rings. The second kappa shape index (κ2) is 7.76. The van der Waals surface area contributed by atoms with Crippen LogP contribution in [0.5, 0.6) is 0 Å². The predicted octanol–water partition coefficient (Wildman–Crippen LogP) is 1.75. The molecule has 7 nitrogen and oxygen atoms in total. The van der Waals surface area contributed by atoms with Gasteiger partial charge < -0.3 is 4.90 Å². The Morgan fingerprint density at radius 1 is 1.10 bits per heavy atom. The van der Waals surface area contributed by atoms with Crippen LogP contribution in [0.4, 0.5) is 5.69 Å². The Balaban J connectivity index is 1.42. The van der Waals surface area contributed by atoms with Gasteiger partial charge in [0.1, 0.15) is 0 Å². The first-order valence-corrected chi connectivity index (χ1v) is 11.7. The van der Waals surface area contributed by atoms with Crippen molar-refractivity contribution < 1.29 is 13.2 Å². The molecule has 1 amide bonds. The summed E-state index contributed by atoms with van der Waals surface area (Å²) in [5.74, 6) is 0.0156. The van der Waals surface area contributed by atoms with E-state index in [1.165, 1.54) is 16.1 Å². The van der Waals surface area contributed by atoms with Crippen molar-refractivity contribution in [2.45, 2.75) is 25.9 Å². The molecule has 2 aliphatic heterocycles. The predicted molar refractivity (Wildman–Crippen MR) is 112 cm³/mol. The maximum atomic E-state index is 13.0. The summed E-state index contributed by atoms with van der Waals surface area (Å²) in [5.41, 5.74) is 3.47. The van der Waals surface area contributed by atoms with E-state index in [-0.39, 0.29) is 11.9 Å². The number of rotatable bonds is 4. The number of benzene rings is 1. The smallest absolute Gasteiger partial charge is 0.253 e. The lowest BCUT2D eigenvalue weighted by Gasteiger charge is -2.34. The van der Waals surface area contributed by atoms with E-state index >= 15 is 0 Å². The molecule has 1 saturated heterocycles. The Morgan fingerprint density at radius 2 is 1.79 bits per heavy atom. The summed E-state index contributed by atoms with van der Waals surface area (Å²) in [6.45, 7) is 5.79. The Bertz CT molecular complexity index is 1000. The highest BCUT2D eigenvalue weighted by molar-refractivity contribution is 7.92. The quantitative estimate of drug-likeness (QED) is 0.762. The summed E-state index contributed by atoms with van der Waals surface area (Å²) in [6, 6.07) is 9.30. The Kier molecular flexibility index (Phi) is 5.31. The fraction of sp³-hybridized carbons (Fsp3) is 0.429. The van der Waals surface area contributed by atoms with E-state index in [9.17, 15) is 13.2 Å². The molecule has 2 aromatic rings. The maximum absolute atomic E-state index is 13.0. The van der Waals surface area contributed by atoms with Crippen LogP contribution < -0.4 is 4.31 Å². The molecule has 0 aliphatic carbocycles. The molecule has 0 spiro atoms. The summed E-state index contributed by atoms with van der Waals surface area (Å²) >= 11 is 0. The molecule has 1 atom stereocenters. The summed E-state index contributed by atoms with van der Waals surface area (Å²) in [7, 11) is -3.32. The van der Waals surface area contributed by atoms with Crippen molar-refractivity contribution in [3.8, 4) is 0 Å². The zero-order valence-electron chi connectivity index (χ0n) is 16.8. The molecular formula is C21H26N4O3S. The first-order valence-electron chi connectivity index (χ1n) is 9.86. The van der Waals surface area contributed by atoms with Crippen molar-refractivity contribution in [2.75, 3.05) is 36.7 Å². The van der Waals surface area contributed by atoms with Crippen LogP contribution in [0.25, 0.3) is 0 Å². The Morgan fingerprint density at radius 3 is 2.45 bits per heavy atom. The van der Waals surface area contributed by atoms with Gasteiger partial charge in [-0.1, -0.05) is 0 Å². The maximum Gasteiger partial charge on any atom is 0.253 e. The molecule has 1 aromatic heterocycles. The second-order valence-corrected chi connectivity index (χ2v) is 9.74. The van der Waals surface area contributed by atoms with Gasteiger partial charge in [0.2, 0.25) is 10.0 Å². The number of amides is 1. The van der Waals surface area contributed by atoms with Gasteiger partial charge in [0.15, 0.2) is 0 Å². The van der Waals surface area contributed by atoms with E-state index in [1.54, 1.807) is 24.5 Å². The minimum atomic E-state index is -3.32. The third kappa shape index (κ3) is 4.13. The van der Waals surface area contributed by atoms with Crippen molar-refractivity contribution >= 4 is 21.6 Å². The molecule has 0 saturated carbocycles. The van der Waals surface area contributed by atoms with Gasteiger partial charge in [0.05, 0.1) is 11.9 Å². The Labute approximate surface area is 172 Å². The summed E-state index contributed by atoms with van der Waals surface area (Å²) < 4.78 is 25.6. The number of piperazine rings is 1. The SMILES string of the molecule is C[C@H]1Cc2cc(C(=O)N3CCN(Cc4ccncc4)CC3)ccc2N1S(C)(=O)=O. The molecule has 1 aromatic carbocycles. The molecule has 2 aliphatic rings. The number of carbonyl (C=O) groups excluding carboxylic acids is 1. The van der Waals surface area contributed by atoms with E-state index in [2.05, 4.69) is 9.88 Å². The van der Waals surface area contributed by atoms with Gasteiger partial charge in [-0.3, -0.25) is 19.0 Å². The highest BCUT2D eigenvalue weighted by Gasteiger charge is 2.33. The number of pyridine rings is 1. The first kappa shape index (κ1) is 19.8. The van der Waals surface area contributed by atoms with Gasteiger partial charge in [0.25, 0.3) is 5.91 Å². The van der Waals surface area contributed by atoms with Gasteiger partial charge >= 0.3 is 0 Å². The second-order valence-electron chi connectivity index (χ2n) is 7.88. The van der Waals surface area contributed by atoms with Crippen LogP contribution in [0, 0.1) is 0 Å². The standard InChI is InChI=1S/C21H26N4O3S/c1-16-13-19-14-18(3-4-20(19)25(16)29(2,27)28)21(26)24-11-9-23(10-12-24)15-17-5-7-22-8-6-17/h3-8,14,16H,9-13,15H2,1-2H3/t16-/m0/s1. The monoisotopic (exact) mass is 414 g/mol. The summed E-state index contributed by atoms with van der Waals surface area (Å²) in [4.78, 5) is 21.3. The van der Waals surface area contributed by atoms with Gasteiger partial charge in [-0.2, -0.15) is 0 Å². The van der Waals surface area contributed by atoms with Crippen molar-refractivity contribution in [1.82, 2.24) is 14.8 Å². The number of anilines is 1. The van der Waals surface area contributed by atoms with E-state index in [0.29, 0.717) is 30.8 Å². The molecule has 8 heteroatoms. The molecule has 154 valence electrons. The van der Waals surface area contributed by atoms with Gasteiger partial charge in [0, 0.05) is 56.7 Å². The number of hydrogen-bond donors (Lipinski definition) is 0. The van der Waals surface area contributed by atoms with E-state index in [1.807, 2.05) is 30.0 Å². The molecule has 3 heterocycles.